The number of hydrogen-bond acceptors (Lipinski definition) is 4. The van der Waals surface area contributed by atoms with Crippen molar-refractivity contribution in [2.24, 2.45) is 0 Å². The molecule has 0 heterocycles. The summed E-state index contributed by atoms with van der Waals surface area (Å²) in [5.41, 5.74) is 1.14. The lowest BCUT2D eigenvalue weighted by atomic mass is 10.1. The van der Waals surface area contributed by atoms with Crippen molar-refractivity contribution < 1.29 is 23.5 Å². The molecule has 0 radical (unpaired) electrons. The maximum Gasteiger partial charge on any atom is 0.337 e. The monoisotopic (exact) mass is 358 g/mol. The zero-order chi connectivity index (χ0) is 19.1. The van der Waals surface area contributed by atoms with Crippen LogP contribution in [0.15, 0.2) is 48.5 Å². The fourth-order valence-corrected chi connectivity index (χ4v) is 2.39. The van der Waals surface area contributed by atoms with Crippen LogP contribution in [-0.2, 0) is 14.3 Å². The average Bonchev–Trinajstić information content (AvgIpc) is 2.61. The van der Waals surface area contributed by atoms with Crippen molar-refractivity contribution >= 4 is 29.2 Å². The van der Waals surface area contributed by atoms with Crippen LogP contribution in [0.4, 0.5) is 15.8 Å². The maximum absolute atomic E-state index is 13.1. The fraction of sp³-hybridized carbons (Fsp3) is 0.211. The highest BCUT2D eigenvalue weighted by atomic mass is 19.1. The predicted molar refractivity (Wildman–Crippen MR) is 95.5 cm³/mol. The molecular formula is C19H19FN2O4. The summed E-state index contributed by atoms with van der Waals surface area (Å²) in [6, 6.07) is 11.9. The molecule has 0 saturated heterocycles. The Labute approximate surface area is 150 Å². The molecule has 2 aromatic carbocycles. The van der Waals surface area contributed by atoms with E-state index in [2.05, 4.69) is 10.1 Å². The van der Waals surface area contributed by atoms with Gasteiger partial charge in [0.1, 0.15) is 5.82 Å². The Kier molecular flexibility index (Phi) is 6.43. The van der Waals surface area contributed by atoms with Crippen molar-refractivity contribution in [2.45, 2.75) is 13.3 Å². The van der Waals surface area contributed by atoms with Crippen LogP contribution in [0.3, 0.4) is 0 Å². The summed E-state index contributed by atoms with van der Waals surface area (Å²) in [6.07, 6.45) is 0.0124. The van der Waals surface area contributed by atoms with Crippen LogP contribution in [-0.4, -0.2) is 31.4 Å². The fourth-order valence-electron chi connectivity index (χ4n) is 2.39. The molecule has 0 unspecified atom stereocenters. The summed E-state index contributed by atoms with van der Waals surface area (Å²) < 4.78 is 17.8. The van der Waals surface area contributed by atoms with Gasteiger partial charge in [0.05, 0.1) is 12.7 Å². The smallest absolute Gasteiger partial charge is 0.337 e. The number of anilines is 2. The Balaban J connectivity index is 2.05. The first-order valence-corrected chi connectivity index (χ1v) is 7.92. The molecular weight excluding hydrogens is 339 g/mol. The zero-order valence-electron chi connectivity index (χ0n) is 14.5. The molecule has 2 aromatic rings. The molecule has 0 spiro atoms. The van der Waals surface area contributed by atoms with E-state index in [1.807, 2.05) is 0 Å². The number of nitrogens with one attached hydrogen (secondary N) is 1. The van der Waals surface area contributed by atoms with E-state index in [9.17, 15) is 18.8 Å². The van der Waals surface area contributed by atoms with Crippen molar-refractivity contribution in [3.05, 3.63) is 59.9 Å². The molecule has 7 heteroatoms. The molecule has 2 amide bonds. The molecule has 1 N–H and O–H groups in total. The molecule has 0 bridgehead atoms. The second kappa shape index (κ2) is 8.75. The molecule has 0 aliphatic carbocycles. The number of halogens is 1. The van der Waals surface area contributed by atoms with Crippen LogP contribution in [0, 0.1) is 5.82 Å². The van der Waals surface area contributed by atoms with Crippen molar-refractivity contribution in [3.63, 3.8) is 0 Å². The Morgan fingerprint density at radius 3 is 2.50 bits per heavy atom. The maximum atomic E-state index is 13.1. The summed E-state index contributed by atoms with van der Waals surface area (Å²) in [6.45, 7) is 1.48. The summed E-state index contributed by atoms with van der Waals surface area (Å²) in [5, 5.41) is 2.58. The van der Waals surface area contributed by atoms with Gasteiger partial charge in [0, 0.05) is 31.3 Å². The van der Waals surface area contributed by atoms with Crippen LogP contribution in [0.1, 0.15) is 23.7 Å². The largest absolute Gasteiger partial charge is 0.465 e. The highest BCUT2D eigenvalue weighted by Crippen LogP contribution is 2.18. The first kappa shape index (κ1) is 19.1. The summed E-state index contributed by atoms with van der Waals surface area (Å²) >= 11 is 0. The number of methoxy groups -OCH3 is 1. The first-order chi connectivity index (χ1) is 12.4. The highest BCUT2D eigenvalue weighted by Gasteiger charge is 2.16. The van der Waals surface area contributed by atoms with Crippen LogP contribution in [0.2, 0.25) is 0 Å². The lowest BCUT2D eigenvalue weighted by Gasteiger charge is -2.21. The van der Waals surface area contributed by atoms with E-state index in [-0.39, 0.29) is 24.8 Å². The molecule has 2 rings (SSSR count). The Bertz CT molecular complexity index is 823. The molecule has 0 aromatic heterocycles. The van der Waals surface area contributed by atoms with E-state index in [1.165, 1.54) is 43.2 Å². The molecule has 0 aliphatic heterocycles. The third-order valence-electron chi connectivity index (χ3n) is 3.63. The van der Waals surface area contributed by atoms with E-state index in [0.717, 1.165) is 0 Å². The van der Waals surface area contributed by atoms with Crippen LogP contribution >= 0.6 is 0 Å². The lowest BCUT2D eigenvalue weighted by Crippen LogP contribution is -2.32. The molecule has 0 atom stereocenters. The number of esters is 1. The minimum Gasteiger partial charge on any atom is -0.465 e. The Hall–Kier alpha value is -3.22. The standard InChI is InChI=1S/C19H19FN2O4/c1-13(23)22(17-8-3-5-14(11-17)19(25)26-2)10-9-18(24)21-16-7-4-6-15(20)12-16/h3-8,11-12H,9-10H2,1-2H3,(H,21,24). The van der Waals surface area contributed by atoms with Gasteiger partial charge in [-0.2, -0.15) is 0 Å². The highest BCUT2D eigenvalue weighted by molar-refractivity contribution is 5.96. The predicted octanol–water partition coefficient (Wildman–Crippen LogP) is 2.99. The number of amides is 2. The van der Waals surface area contributed by atoms with E-state index in [0.29, 0.717) is 16.9 Å². The van der Waals surface area contributed by atoms with E-state index < -0.39 is 11.8 Å². The van der Waals surface area contributed by atoms with Crippen LogP contribution in [0.5, 0.6) is 0 Å². The first-order valence-electron chi connectivity index (χ1n) is 7.92. The minimum atomic E-state index is -0.515. The summed E-state index contributed by atoms with van der Waals surface area (Å²) in [7, 11) is 1.27. The molecule has 26 heavy (non-hydrogen) atoms. The SMILES string of the molecule is COC(=O)c1cccc(N(CCC(=O)Nc2cccc(F)c2)C(C)=O)c1. The van der Waals surface area contributed by atoms with Gasteiger partial charge in [-0.05, 0) is 36.4 Å². The molecule has 136 valence electrons. The summed E-state index contributed by atoms with van der Waals surface area (Å²) in [4.78, 5) is 37.0. The molecule has 0 fully saturated rings. The lowest BCUT2D eigenvalue weighted by molar-refractivity contribution is -0.117. The molecule has 0 aliphatic rings. The van der Waals surface area contributed by atoms with Crippen molar-refractivity contribution in [1.29, 1.82) is 0 Å². The second-order valence-corrected chi connectivity index (χ2v) is 5.52. The third kappa shape index (κ3) is 5.14. The second-order valence-electron chi connectivity index (χ2n) is 5.52. The van der Waals surface area contributed by atoms with Gasteiger partial charge in [-0.25, -0.2) is 9.18 Å². The molecule has 0 saturated carbocycles. The Morgan fingerprint density at radius 2 is 1.85 bits per heavy atom. The zero-order valence-corrected chi connectivity index (χ0v) is 14.5. The number of carbonyl (C=O) groups excluding carboxylic acids is 3. The summed E-state index contributed by atoms with van der Waals surface area (Å²) in [5.74, 6) is -1.59. The number of carbonyl (C=O) groups is 3. The van der Waals surface area contributed by atoms with Crippen LogP contribution in [0.25, 0.3) is 0 Å². The van der Waals surface area contributed by atoms with E-state index in [1.54, 1.807) is 24.3 Å². The number of ether oxygens (including phenoxy) is 1. The molecule has 6 nitrogen and oxygen atoms in total. The average molecular weight is 358 g/mol. The normalized spacial score (nSPS) is 10.1. The van der Waals surface area contributed by atoms with Crippen molar-refractivity contribution in [2.75, 3.05) is 23.9 Å². The third-order valence-corrected chi connectivity index (χ3v) is 3.63. The van der Waals surface area contributed by atoms with Gasteiger partial charge in [0.25, 0.3) is 0 Å². The van der Waals surface area contributed by atoms with Gasteiger partial charge in [-0.15, -0.1) is 0 Å². The van der Waals surface area contributed by atoms with Gasteiger partial charge in [-0.3, -0.25) is 9.59 Å². The van der Waals surface area contributed by atoms with Gasteiger partial charge in [0.2, 0.25) is 11.8 Å². The van der Waals surface area contributed by atoms with Crippen molar-refractivity contribution in [3.8, 4) is 0 Å². The quantitative estimate of drug-likeness (QED) is 0.806. The minimum absolute atomic E-state index is 0.0124. The van der Waals surface area contributed by atoms with Gasteiger partial charge in [0.15, 0.2) is 0 Å². The van der Waals surface area contributed by atoms with Gasteiger partial charge >= 0.3 is 5.97 Å². The van der Waals surface area contributed by atoms with E-state index in [4.69, 9.17) is 0 Å². The number of rotatable bonds is 6. The van der Waals surface area contributed by atoms with Crippen molar-refractivity contribution in [1.82, 2.24) is 0 Å². The number of benzene rings is 2. The van der Waals surface area contributed by atoms with Crippen LogP contribution < -0.4 is 10.2 Å². The number of hydrogen-bond donors (Lipinski definition) is 1. The number of nitrogens with zero attached hydrogens (tertiary/aromatic N) is 1. The topological polar surface area (TPSA) is 75.7 Å². The van der Waals surface area contributed by atoms with E-state index >= 15 is 0 Å². The van der Waals surface area contributed by atoms with Gasteiger partial charge < -0.3 is 15.0 Å². The van der Waals surface area contributed by atoms with Gasteiger partial charge in [-0.1, -0.05) is 12.1 Å². The Morgan fingerprint density at radius 1 is 1.12 bits per heavy atom.